The quantitative estimate of drug-likeness (QED) is 0.259. The van der Waals surface area contributed by atoms with E-state index in [2.05, 4.69) is 38.4 Å². The third-order valence-electron chi connectivity index (χ3n) is 7.92. The van der Waals surface area contributed by atoms with Crippen molar-refractivity contribution in [3.8, 4) is 5.75 Å². The molecule has 5 aromatic rings. The van der Waals surface area contributed by atoms with Crippen LogP contribution in [0, 0.1) is 13.8 Å². The summed E-state index contributed by atoms with van der Waals surface area (Å²) in [6.45, 7) is 5.12. The molecule has 0 spiro atoms. The molecule has 9 heteroatoms. The third kappa shape index (κ3) is 5.16. The van der Waals surface area contributed by atoms with Crippen molar-refractivity contribution in [3.05, 3.63) is 105 Å². The average Bonchev–Trinajstić information content (AvgIpc) is 3.73. The second-order valence-corrected chi connectivity index (χ2v) is 10.8. The highest BCUT2D eigenvalue weighted by Gasteiger charge is 2.34. The highest BCUT2D eigenvalue weighted by molar-refractivity contribution is 5.83. The lowest BCUT2D eigenvalue weighted by Gasteiger charge is -2.31. The summed E-state index contributed by atoms with van der Waals surface area (Å²) in [5.74, 6) is 2.25. The zero-order valence-electron chi connectivity index (χ0n) is 23.1. The lowest BCUT2D eigenvalue weighted by molar-refractivity contribution is 0.176. The van der Waals surface area contributed by atoms with Crippen LogP contribution in [0.3, 0.4) is 0 Å². The Kier molecular flexibility index (Phi) is 7.21. The maximum absolute atomic E-state index is 13.9. The molecule has 0 amide bonds. The summed E-state index contributed by atoms with van der Waals surface area (Å²) in [6, 6.07) is 17.7. The van der Waals surface area contributed by atoms with Crippen molar-refractivity contribution in [2.75, 3.05) is 7.11 Å². The van der Waals surface area contributed by atoms with E-state index in [0.717, 1.165) is 64.8 Å². The number of hydrogen-bond donors (Lipinski definition) is 1. The van der Waals surface area contributed by atoms with Gasteiger partial charge in [0.25, 0.3) is 5.56 Å². The molecule has 6 rings (SSSR count). The number of benzene rings is 2. The number of fused-ring (bicyclic) bond motifs is 1. The molecule has 1 aliphatic rings. The van der Waals surface area contributed by atoms with E-state index >= 15 is 0 Å². The number of methoxy groups -OCH3 is 1. The summed E-state index contributed by atoms with van der Waals surface area (Å²) in [4.78, 5) is 19.3. The van der Waals surface area contributed by atoms with Crippen LogP contribution in [0.1, 0.15) is 71.6 Å². The Hall–Kier alpha value is -4.24. The molecular weight excluding hydrogens is 504 g/mol. The van der Waals surface area contributed by atoms with E-state index < -0.39 is 6.04 Å². The number of hydrogen-bond acceptors (Lipinski definition) is 7. The van der Waals surface area contributed by atoms with Gasteiger partial charge in [0, 0.05) is 23.0 Å². The van der Waals surface area contributed by atoms with E-state index in [1.807, 2.05) is 60.1 Å². The normalized spacial score (nSPS) is 14.8. The molecule has 0 unspecified atom stereocenters. The van der Waals surface area contributed by atoms with Gasteiger partial charge in [-0.15, -0.1) is 5.10 Å². The van der Waals surface area contributed by atoms with E-state index in [1.54, 1.807) is 13.4 Å². The van der Waals surface area contributed by atoms with Gasteiger partial charge in [0.15, 0.2) is 5.82 Å². The van der Waals surface area contributed by atoms with Crippen molar-refractivity contribution in [3.63, 3.8) is 0 Å². The third-order valence-corrected chi connectivity index (χ3v) is 7.92. The Morgan fingerprint density at radius 1 is 1.10 bits per heavy atom. The van der Waals surface area contributed by atoms with Crippen LogP contribution in [-0.4, -0.2) is 37.2 Å². The van der Waals surface area contributed by atoms with E-state index in [4.69, 9.17) is 9.15 Å². The lowest BCUT2D eigenvalue weighted by atomic mass is 9.99. The average molecular weight is 539 g/mol. The van der Waals surface area contributed by atoms with Gasteiger partial charge in [-0.25, -0.2) is 4.68 Å². The molecule has 40 heavy (non-hydrogen) atoms. The van der Waals surface area contributed by atoms with Gasteiger partial charge < -0.3 is 14.1 Å². The predicted octanol–water partition coefficient (Wildman–Crippen LogP) is 5.64. The standard InChI is InChI=1S/C31H34N6O3/c1-20-15-21(2)26-17-27(31(38)32-28(26)16-20)29(30-33-34-35-37(30)23-7-4-5-8-23)36(19-25-9-6-14-40-25)18-22-10-12-24(39-3)13-11-22/h6,9-17,23,29H,4-5,7-8,18-19H2,1-3H3,(H,32,38)/t29-/m0/s1. The van der Waals surface area contributed by atoms with Crippen LogP contribution >= 0.6 is 0 Å². The Morgan fingerprint density at radius 3 is 2.62 bits per heavy atom. The first-order valence-corrected chi connectivity index (χ1v) is 13.8. The number of aryl methyl sites for hydroxylation is 2. The van der Waals surface area contributed by atoms with Crippen LogP contribution in [0.2, 0.25) is 0 Å². The van der Waals surface area contributed by atoms with Crippen LogP contribution in [0.15, 0.2) is 70.1 Å². The first-order valence-electron chi connectivity index (χ1n) is 13.8. The minimum absolute atomic E-state index is 0.150. The van der Waals surface area contributed by atoms with E-state index in [-0.39, 0.29) is 11.6 Å². The Bertz CT molecular complexity index is 1650. The first kappa shape index (κ1) is 26.0. The highest BCUT2D eigenvalue weighted by Crippen LogP contribution is 2.35. The smallest absolute Gasteiger partial charge is 0.253 e. The van der Waals surface area contributed by atoms with Crippen LogP contribution in [-0.2, 0) is 13.1 Å². The maximum atomic E-state index is 13.9. The molecule has 1 aliphatic carbocycles. The van der Waals surface area contributed by atoms with Crippen LogP contribution < -0.4 is 10.3 Å². The number of furan rings is 1. The van der Waals surface area contributed by atoms with E-state index in [9.17, 15) is 4.79 Å². The molecule has 3 aromatic heterocycles. The summed E-state index contributed by atoms with van der Waals surface area (Å²) in [6.07, 6.45) is 6.01. The van der Waals surface area contributed by atoms with Crippen molar-refractivity contribution >= 4 is 10.9 Å². The fraction of sp³-hybridized carbons (Fsp3) is 0.355. The van der Waals surface area contributed by atoms with Crippen LogP contribution in [0.25, 0.3) is 10.9 Å². The molecule has 0 radical (unpaired) electrons. The van der Waals surface area contributed by atoms with Crippen molar-refractivity contribution in [1.82, 2.24) is 30.1 Å². The molecule has 1 atom stereocenters. The fourth-order valence-corrected chi connectivity index (χ4v) is 5.99. The number of rotatable bonds is 9. The first-order chi connectivity index (χ1) is 19.5. The molecule has 3 heterocycles. The lowest BCUT2D eigenvalue weighted by Crippen LogP contribution is -2.35. The summed E-state index contributed by atoms with van der Waals surface area (Å²) < 4.78 is 13.1. The Morgan fingerprint density at radius 2 is 1.90 bits per heavy atom. The monoisotopic (exact) mass is 538 g/mol. The second kappa shape index (κ2) is 11.1. The van der Waals surface area contributed by atoms with Crippen molar-refractivity contribution < 1.29 is 9.15 Å². The zero-order chi connectivity index (χ0) is 27.6. The van der Waals surface area contributed by atoms with Gasteiger partial charge in [-0.05, 0) is 90.2 Å². The minimum Gasteiger partial charge on any atom is -0.497 e. The topological polar surface area (TPSA) is 102 Å². The number of H-pyrrole nitrogens is 1. The van der Waals surface area contributed by atoms with Gasteiger partial charge in [0.1, 0.15) is 17.6 Å². The summed E-state index contributed by atoms with van der Waals surface area (Å²) in [7, 11) is 1.66. The van der Waals surface area contributed by atoms with Gasteiger partial charge in [0.05, 0.1) is 26.0 Å². The number of tetrazole rings is 1. The molecule has 0 bridgehead atoms. The molecule has 206 valence electrons. The number of aromatic nitrogens is 5. The van der Waals surface area contributed by atoms with Crippen LogP contribution in [0.4, 0.5) is 0 Å². The molecule has 1 saturated carbocycles. The van der Waals surface area contributed by atoms with Crippen LogP contribution in [0.5, 0.6) is 5.75 Å². The van der Waals surface area contributed by atoms with Crippen molar-refractivity contribution in [2.45, 2.75) is 64.7 Å². The summed E-state index contributed by atoms with van der Waals surface area (Å²) in [5, 5.41) is 14.2. The van der Waals surface area contributed by atoms with Crippen molar-refractivity contribution in [2.24, 2.45) is 0 Å². The summed E-state index contributed by atoms with van der Waals surface area (Å²) >= 11 is 0. The van der Waals surface area contributed by atoms with Gasteiger partial charge in [0.2, 0.25) is 0 Å². The number of nitrogens with zero attached hydrogens (tertiary/aromatic N) is 5. The fourth-order valence-electron chi connectivity index (χ4n) is 5.99. The number of pyridine rings is 1. The number of ether oxygens (including phenoxy) is 1. The van der Waals surface area contributed by atoms with Gasteiger partial charge in [-0.1, -0.05) is 31.0 Å². The van der Waals surface area contributed by atoms with Gasteiger partial charge >= 0.3 is 0 Å². The van der Waals surface area contributed by atoms with Gasteiger partial charge in [-0.3, -0.25) is 9.69 Å². The molecule has 1 fully saturated rings. The molecular formula is C31H34N6O3. The van der Waals surface area contributed by atoms with E-state index in [1.165, 1.54) is 0 Å². The Labute approximate surface area is 232 Å². The van der Waals surface area contributed by atoms with E-state index in [0.29, 0.717) is 24.5 Å². The maximum Gasteiger partial charge on any atom is 0.253 e. The van der Waals surface area contributed by atoms with Gasteiger partial charge in [-0.2, -0.15) is 0 Å². The molecule has 9 nitrogen and oxygen atoms in total. The molecule has 2 aromatic carbocycles. The predicted molar refractivity (Wildman–Crippen MR) is 152 cm³/mol. The zero-order valence-corrected chi connectivity index (χ0v) is 23.1. The Balaban J connectivity index is 1.53. The minimum atomic E-state index is -0.517. The summed E-state index contributed by atoms with van der Waals surface area (Å²) in [5.41, 5.74) is 4.56. The molecule has 1 N–H and O–H groups in total. The number of nitrogens with one attached hydrogen (secondary N) is 1. The highest BCUT2D eigenvalue weighted by atomic mass is 16.5. The molecule has 0 aliphatic heterocycles. The second-order valence-electron chi connectivity index (χ2n) is 10.8. The number of aromatic amines is 1. The largest absolute Gasteiger partial charge is 0.497 e. The van der Waals surface area contributed by atoms with Crippen molar-refractivity contribution in [1.29, 1.82) is 0 Å². The molecule has 0 saturated heterocycles. The SMILES string of the molecule is COc1ccc(CN(Cc2ccco2)[C@@H](c2cc3c(C)cc(C)cc3[nH]c2=O)c2nnnn2C2CCCC2)cc1.